The summed E-state index contributed by atoms with van der Waals surface area (Å²) >= 11 is 6.61. The van der Waals surface area contributed by atoms with Crippen molar-refractivity contribution in [2.24, 2.45) is 4.99 Å². The van der Waals surface area contributed by atoms with E-state index in [0.717, 1.165) is 66.4 Å². The third-order valence-corrected chi connectivity index (χ3v) is 7.82. The summed E-state index contributed by atoms with van der Waals surface area (Å²) in [6, 6.07) is 23.0. The highest BCUT2D eigenvalue weighted by molar-refractivity contribution is 6.35. The van der Waals surface area contributed by atoms with E-state index < -0.39 is 0 Å². The second-order valence-corrected chi connectivity index (χ2v) is 10.00. The number of aliphatic imine (C=N–C) groups is 1. The Balaban J connectivity index is 1.21. The van der Waals surface area contributed by atoms with Crippen LogP contribution in [0, 0.1) is 0 Å². The van der Waals surface area contributed by atoms with Crippen LogP contribution in [-0.2, 0) is 13.0 Å². The number of hydrogen-bond donors (Lipinski definition) is 2. The molecule has 0 atom stereocenters. The van der Waals surface area contributed by atoms with E-state index in [1.807, 2.05) is 24.4 Å². The fourth-order valence-corrected chi connectivity index (χ4v) is 5.48. The fourth-order valence-electron chi connectivity index (χ4n) is 5.25. The van der Waals surface area contributed by atoms with E-state index >= 15 is 0 Å². The second-order valence-electron chi connectivity index (χ2n) is 9.59. The van der Waals surface area contributed by atoms with Gasteiger partial charge in [-0.2, -0.15) is 0 Å². The molecule has 2 aliphatic heterocycles. The molecule has 0 bridgehead atoms. The fraction of sp³-hybridized carbons (Fsp3) is 0.276. The molecule has 1 saturated carbocycles. The molecule has 4 nitrogen and oxygen atoms in total. The third kappa shape index (κ3) is 3.96. The van der Waals surface area contributed by atoms with E-state index in [2.05, 4.69) is 58.7 Å². The van der Waals surface area contributed by atoms with Crippen LogP contribution >= 0.6 is 11.6 Å². The van der Waals surface area contributed by atoms with Gasteiger partial charge in [-0.1, -0.05) is 54.1 Å². The molecule has 1 fully saturated rings. The van der Waals surface area contributed by atoms with Crippen LogP contribution in [-0.4, -0.2) is 34.4 Å². The maximum atomic E-state index is 9.85. The molecule has 0 unspecified atom stereocenters. The Morgan fingerprint density at radius 3 is 2.68 bits per heavy atom. The van der Waals surface area contributed by atoms with Gasteiger partial charge in [0.15, 0.2) is 0 Å². The Hall–Kier alpha value is -2.92. The molecule has 34 heavy (non-hydrogen) atoms. The van der Waals surface area contributed by atoms with Gasteiger partial charge in [-0.3, -0.25) is 9.89 Å². The number of hydrogen-bond acceptors (Lipinski definition) is 4. The maximum absolute atomic E-state index is 9.85. The quantitative estimate of drug-likeness (QED) is 0.451. The van der Waals surface area contributed by atoms with Crippen LogP contribution in [0.5, 0.6) is 0 Å². The molecule has 1 aliphatic carbocycles. The van der Waals surface area contributed by atoms with E-state index in [1.165, 1.54) is 22.3 Å². The van der Waals surface area contributed by atoms with Gasteiger partial charge in [0.05, 0.1) is 12.3 Å². The molecule has 3 aliphatic rings. The first-order valence-corrected chi connectivity index (χ1v) is 12.4. The molecular formula is C29H28ClN3O. The summed E-state index contributed by atoms with van der Waals surface area (Å²) in [6.45, 7) is 2.16. The first-order chi connectivity index (χ1) is 16.6. The highest BCUT2D eigenvalue weighted by Gasteiger charge is 2.48. The van der Waals surface area contributed by atoms with Crippen molar-refractivity contribution in [3.8, 4) is 0 Å². The van der Waals surface area contributed by atoms with Gasteiger partial charge in [-0.05, 0) is 65.8 Å². The molecule has 3 aromatic carbocycles. The number of halogens is 1. The summed E-state index contributed by atoms with van der Waals surface area (Å²) in [6.07, 6.45) is 5.93. The molecule has 0 amide bonds. The first kappa shape index (κ1) is 21.6. The highest BCUT2D eigenvalue weighted by atomic mass is 35.5. The zero-order chi connectivity index (χ0) is 23.1. The molecular weight excluding hydrogens is 442 g/mol. The maximum Gasteiger partial charge on any atom is 0.0615 e. The summed E-state index contributed by atoms with van der Waals surface area (Å²) in [7, 11) is 0. The lowest BCUT2D eigenvalue weighted by Gasteiger charge is -2.35. The molecule has 5 heteroatoms. The molecule has 6 rings (SSSR count). The lowest BCUT2D eigenvalue weighted by Crippen LogP contribution is -2.43. The highest BCUT2D eigenvalue weighted by Crippen LogP contribution is 2.44. The topological polar surface area (TPSA) is 47.9 Å². The summed E-state index contributed by atoms with van der Waals surface area (Å²) in [5, 5.41) is 14.2. The average Bonchev–Trinajstić information content (AvgIpc) is 3.54. The van der Waals surface area contributed by atoms with Crippen molar-refractivity contribution in [2.75, 3.05) is 18.5 Å². The van der Waals surface area contributed by atoms with Gasteiger partial charge in [0, 0.05) is 53.2 Å². The smallest absolute Gasteiger partial charge is 0.0615 e. The largest absolute Gasteiger partial charge is 0.394 e. The summed E-state index contributed by atoms with van der Waals surface area (Å²) in [4.78, 5) is 7.17. The first-order valence-electron chi connectivity index (χ1n) is 12.0. The lowest BCUT2D eigenvalue weighted by molar-refractivity contribution is 0.0935. The number of nitrogens with one attached hydrogen (secondary N) is 1. The van der Waals surface area contributed by atoms with E-state index in [1.54, 1.807) is 0 Å². The van der Waals surface area contributed by atoms with Crippen molar-refractivity contribution in [2.45, 2.75) is 37.8 Å². The van der Waals surface area contributed by atoms with Crippen molar-refractivity contribution in [1.29, 1.82) is 0 Å². The predicted molar refractivity (Wildman–Crippen MR) is 140 cm³/mol. The minimum absolute atomic E-state index is 0.0286. The molecule has 0 aromatic heterocycles. The average molecular weight is 470 g/mol. The minimum Gasteiger partial charge on any atom is -0.394 e. The molecule has 3 aromatic rings. The van der Waals surface area contributed by atoms with Gasteiger partial charge in [0.25, 0.3) is 0 Å². The van der Waals surface area contributed by atoms with Crippen LogP contribution in [0.4, 0.5) is 11.4 Å². The van der Waals surface area contributed by atoms with Crippen LogP contribution < -0.4 is 5.32 Å². The van der Waals surface area contributed by atoms with Gasteiger partial charge >= 0.3 is 0 Å². The Morgan fingerprint density at radius 1 is 1.03 bits per heavy atom. The van der Waals surface area contributed by atoms with Crippen LogP contribution in [0.2, 0.25) is 5.02 Å². The summed E-state index contributed by atoms with van der Waals surface area (Å²) in [5.74, 6) is 0. The van der Waals surface area contributed by atoms with E-state index in [4.69, 9.17) is 16.6 Å². The van der Waals surface area contributed by atoms with Gasteiger partial charge in [-0.25, -0.2) is 0 Å². The number of aliphatic hydroxyl groups excluding tert-OH is 1. The van der Waals surface area contributed by atoms with Gasteiger partial charge < -0.3 is 10.4 Å². The molecule has 172 valence electrons. The Bertz CT molecular complexity index is 1290. The number of allylic oxidation sites excluding steroid dienone is 1. The van der Waals surface area contributed by atoms with Crippen molar-refractivity contribution >= 4 is 34.3 Å². The molecule has 0 spiro atoms. The molecule has 0 saturated heterocycles. The van der Waals surface area contributed by atoms with Crippen LogP contribution in [0.15, 0.2) is 77.9 Å². The van der Waals surface area contributed by atoms with Crippen LogP contribution in [0.25, 0.3) is 5.57 Å². The standard InChI is InChI=1S/C29H28ClN3O/c30-26-10-9-23(16-25(26)28-15-22(17-31-28)20-5-2-1-3-6-20)32-27-8-4-7-21-18-33(14-11-24(21)27)29(19-34)12-13-29/h1-10,16-17,32,34H,11-15,18-19H2. The number of rotatable bonds is 6. The van der Waals surface area contributed by atoms with Crippen LogP contribution in [0.3, 0.4) is 0 Å². The Labute approximate surface area is 205 Å². The van der Waals surface area contributed by atoms with Crippen LogP contribution in [0.1, 0.15) is 41.5 Å². The van der Waals surface area contributed by atoms with Crippen molar-refractivity contribution < 1.29 is 5.11 Å². The number of anilines is 2. The van der Waals surface area contributed by atoms with E-state index in [0.29, 0.717) is 0 Å². The number of fused-ring (bicyclic) bond motifs is 1. The number of benzene rings is 3. The zero-order valence-electron chi connectivity index (χ0n) is 19.1. The third-order valence-electron chi connectivity index (χ3n) is 7.49. The molecule has 0 radical (unpaired) electrons. The van der Waals surface area contributed by atoms with Gasteiger partial charge in [-0.15, -0.1) is 0 Å². The van der Waals surface area contributed by atoms with Crippen molar-refractivity contribution in [1.82, 2.24) is 4.90 Å². The van der Waals surface area contributed by atoms with E-state index in [-0.39, 0.29) is 12.1 Å². The number of aliphatic hydroxyl groups is 1. The monoisotopic (exact) mass is 469 g/mol. The zero-order valence-corrected chi connectivity index (χ0v) is 19.9. The van der Waals surface area contributed by atoms with E-state index in [9.17, 15) is 5.11 Å². The molecule has 2 heterocycles. The summed E-state index contributed by atoms with van der Waals surface area (Å²) in [5.41, 5.74) is 9.29. The molecule has 2 N–H and O–H groups in total. The van der Waals surface area contributed by atoms with Crippen molar-refractivity contribution in [3.63, 3.8) is 0 Å². The SMILES string of the molecule is OCC1(N2CCc3c(cccc3Nc3ccc(Cl)c(C4=NC=C(c5ccccc5)C4)c3)C2)CC1. The normalized spacial score (nSPS) is 18.8. The van der Waals surface area contributed by atoms with Gasteiger partial charge in [0.2, 0.25) is 0 Å². The predicted octanol–water partition coefficient (Wildman–Crippen LogP) is 6.20. The lowest BCUT2D eigenvalue weighted by atomic mass is 9.95. The Morgan fingerprint density at radius 2 is 1.88 bits per heavy atom. The minimum atomic E-state index is 0.0286. The van der Waals surface area contributed by atoms with Gasteiger partial charge in [0.1, 0.15) is 0 Å². The number of nitrogens with zero attached hydrogens (tertiary/aromatic N) is 2. The summed E-state index contributed by atoms with van der Waals surface area (Å²) < 4.78 is 0. The van der Waals surface area contributed by atoms with Crippen molar-refractivity contribution in [3.05, 3.63) is 100 Å². The second kappa shape index (κ2) is 8.70. The Kier molecular flexibility index (Phi) is 5.53.